The van der Waals surface area contributed by atoms with E-state index in [1.807, 2.05) is 90.7 Å². The molecule has 0 bridgehead atoms. The molecule has 0 atom stereocenters. The van der Waals surface area contributed by atoms with Crippen molar-refractivity contribution in [3.63, 3.8) is 0 Å². The lowest BCUT2D eigenvalue weighted by Crippen LogP contribution is -2.27. The highest BCUT2D eigenvalue weighted by atomic mass is 16.2. The molecule has 0 spiro atoms. The number of aromatic nitrogens is 3. The van der Waals surface area contributed by atoms with Gasteiger partial charge in [-0.25, -0.2) is 0 Å². The Labute approximate surface area is 183 Å². The van der Waals surface area contributed by atoms with Crippen LogP contribution in [0.2, 0.25) is 0 Å². The summed E-state index contributed by atoms with van der Waals surface area (Å²) in [4.78, 5) is 25.8. The van der Waals surface area contributed by atoms with Crippen molar-refractivity contribution in [2.24, 2.45) is 7.05 Å². The summed E-state index contributed by atoms with van der Waals surface area (Å²) in [6.45, 7) is -0.0698. The molecule has 158 valence electrons. The molecule has 0 radical (unpaired) electrons. The lowest BCUT2D eigenvalue weighted by atomic mass is 10.1. The number of nitrogens with one attached hydrogen (secondary N) is 2. The second-order valence-corrected chi connectivity index (χ2v) is 7.60. The van der Waals surface area contributed by atoms with E-state index in [2.05, 4.69) is 15.7 Å². The third kappa shape index (κ3) is 3.72. The van der Waals surface area contributed by atoms with E-state index in [-0.39, 0.29) is 18.0 Å². The zero-order chi connectivity index (χ0) is 22.1. The van der Waals surface area contributed by atoms with Crippen LogP contribution in [0.5, 0.6) is 0 Å². The van der Waals surface area contributed by atoms with Crippen LogP contribution in [0.15, 0.2) is 90.0 Å². The van der Waals surface area contributed by atoms with E-state index in [0.29, 0.717) is 16.8 Å². The highest BCUT2D eigenvalue weighted by molar-refractivity contribution is 5.96. The number of aryl methyl sites for hydroxylation is 1. The number of pyridine rings is 1. The lowest BCUT2D eigenvalue weighted by molar-refractivity contribution is -0.116. The van der Waals surface area contributed by atoms with Gasteiger partial charge in [0.05, 0.1) is 22.8 Å². The number of para-hydroxylation sites is 1. The summed E-state index contributed by atoms with van der Waals surface area (Å²) in [5.41, 5.74) is 3.04. The maximum atomic E-state index is 13.3. The SMILES string of the molecule is Cn1ncc2cc(Nc3cccc4ccn(CC(=O)Nc5ccccc5)c(=O)c34)ccc21. The fraction of sp³-hybridized carbons (Fsp3) is 0.0800. The van der Waals surface area contributed by atoms with E-state index in [4.69, 9.17) is 0 Å². The number of carbonyl (C=O) groups is 1. The monoisotopic (exact) mass is 423 g/mol. The van der Waals surface area contributed by atoms with Crippen LogP contribution in [-0.2, 0) is 18.4 Å². The van der Waals surface area contributed by atoms with Gasteiger partial charge in [-0.15, -0.1) is 0 Å². The van der Waals surface area contributed by atoms with Gasteiger partial charge in [0, 0.05) is 30.0 Å². The molecule has 0 aliphatic carbocycles. The molecule has 0 aliphatic heterocycles. The molecular weight excluding hydrogens is 402 g/mol. The average Bonchev–Trinajstić information content (AvgIpc) is 3.16. The number of hydrogen-bond donors (Lipinski definition) is 2. The molecular formula is C25H21N5O2. The van der Waals surface area contributed by atoms with E-state index >= 15 is 0 Å². The Morgan fingerprint density at radius 3 is 2.62 bits per heavy atom. The maximum absolute atomic E-state index is 13.3. The quantitative estimate of drug-likeness (QED) is 0.442. The molecule has 7 nitrogen and oxygen atoms in total. The Morgan fingerprint density at radius 1 is 0.938 bits per heavy atom. The Kier molecular flexibility index (Phi) is 4.91. The second-order valence-electron chi connectivity index (χ2n) is 7.60. The van der Waals surface area contributed by atoms with E-state index in [0.717, 1.165) is 22.0 Å². The molecule has 5 aromatic rings. The lowest BCUT2D eigenvalue weighted by Gasteiger charge is -2.12. The summed E-state index contributed by atoms with van der Waals surface area (Å²) < 4.78 is 3.24. The molecule has 2 heterocycles. The molecule has 1 amide bonds. The number of benzene rings is 3. The van der Waals surface area contributed by atoms with Gasteiger partial charge < -0.3 is 15.2 Å². The van der Waals surface area contributed by atoms with Gasteiger partial charge in [0.2, 0.25) is 5.91 Å². The van der Waals surface area contributed by atoms with Crippen molar-refractivity contribution in [3.8, 4) is 0 Å². The molecule has 7 heteroatoms. The number of anilines is 3. The molecule has 0 aliphatic rings. The zero-order valence-corrected chi connectivity index (χ0v) is 17.4. The van der Waals surface area contributed by atoms with E-state index in [9.17, 15) is 9.59 Å². The summed E-state index contributed by atoms with van der Waals surface area (Å²) in [5, 5.41) is 12.8. The number of carbonyl (C=O) groups excluding carboxylic acids is 1. The summed E-state index contributed by atoms with van der Waals surface area (Å²) >= 11 is 0. The highest BCUT2D eigenvalue weighted by Gasteiger charge is 2.11. The van der Waals surface area contributed by atoms with Crippen molar-refractivity contribution >= 4 is 44.6 Å². The maximum Gasteiger partial charge on any atom is 0.261 e. The summed E-state index contributed by atoms with van der Waals surface area (Å²) in [5.74, 6) is -0.259. The number of fused-ring (bicyclic) bond motifs is 2. The van der Waals surface area contributed by atoms with E-state index in [1.54, 1.807) is 6.20 Å². The molecule has 0 unspecified atom stereocenters. The van der Waals surface area contributed by atoms with Gasteiger partial charge in [0.1, 0.15) is 6.54 Å². The number of hydrogen-bond acceptors (Lipinski definition) is 4. The van der Waals surface area contributed by atoms with Gasteiger partial charge in [0.25, 0.3) is 5.56 Å². The third-order valence-corrected chi connectivity index (χ3v) is 5.40. The van der Waals surface area contributed by atoms with Crippen LogP contribution in [0.25, 0.3) is 21.7 Å². The molecule has 2 N–H and O–H groups in total. The molecule has 32 heavy (non-hydrogen) atoms. The van der Waals surface area contributed by atoms with Crippen molar-refractivity contribution < 1.29 is 4.79 Å². The zero-order valence-electron chi connectivity index (χ0n) is 17.4. The van der Waals surface area contributed by atoms with Gasteiger partial charge in [-0.3, -0.25) is 14.3 Å². The van der Waals surface area contributed by atoms with Gasteiger partial charge in [-0.1, -0.05) is 30.3 Å². The van der Waals surface area contributed by atoms with Crippen molar-refractivity contribution in [2.45, 2.75) is 6.54 Å². The minimum atomic E-state index is -0.259. The highest BCUT2D eigenvalue weighted by Crippen LogP contribution is 2.26. The molecule has 0 saturated heterocycles. The fourth-order valence-corrected chi connectivity index (χ4v) is 3.83. The van der Waals surface area contributed by atoms with Gasteiger partial charge in [-0.05, 0) is 47.9 Å². The Hall–Kier alpha value is -4.39. The smallest absolute Gasteiger partial charge is 0.261 e. The van der Waals surface area contributed by atoms with Crippen LogP contribution in [0, 0.1) is 0 Å². The first-order chi connectivity index (χ1) is 15.6. The van der Waals surface area contributed by atoms with E-state index < -0.39 is 0 Å². The van der Waals surface area contributed by atoms with Crippen LogP contribution in [0.3, 0.4) is 0 Å². The van der Waals surface area contributed by atoms with Crippen molar-refractivity contribution in [1.82, 2.24) is 14.3 Å². The fourth-order valence-electron chi connectivity index (χ4n) is 3.83. The number of rotatable bonds is 5. The molecule has 0 fully saturated rings. The van der Waals surface area contributed by atoms with Crippen LogP contribution >= 0.6 is 0 Å². The molecule has 5 rings (SSSR count). The second kappa shape index (κ2) is 8.03. The van der Waals surface area contributed by atoms with Crippen molar-refractivity contribution in [1.29, 1.82) is 0 Å². The van der Waals surface area contributed by atoms with Crippen molar-refractivity contribution in [3.05, 3.63) is 95.5 Å². The molecule has 0 saturated carbocycles. The van der Waals surface area contributed by atoms with Crippen LogP contribution < -0.4 is 16.2 Å². The van der Waals surface area contributed by atoms with Crippen LogP contribution in [0.4, 0.5) is 17.1 Å². The summed E-state index contributed by atoms with van der Waals surface area (Å²) in [6, 6.07) is 22.6. The van der Waals surface area contributed by atoms with Crippen LogP contribution in [-0.4, -0.2) is 20.3 Å². The van der Waals surface area contributed by atoms with Gasteiger partial charge in [0.15, 0.2) is 0 Å². The first kappa shape index (κ1) is 19.6. The Bertz CT molecular complexity index is 1500. The predicted molar refractivity (Wildman–Crippen MR) is 127 cm³/mol. The Balaban J connectivity index is 1.47. The predicted octanol–water partition coefficient (Wildman–Crippen LogP) is 4.27. The molecule has 2 aromatic heterocycles. The molecule has 3 aromatic carbocycles. The first-order valence-corrected chi connectivity index (χ1v) is 10.2. The first-order valence-electron chi connectivity index (χ1n) is 10.2. The third-order valence-electron chi connectivity index (χ3n) is 5.40. The topological polar surface area (TPSA) is 81.0 Å². The van der Waals surface area contributed by atoms with Crippen LogP contribution in [0.1, 0.15) is 0 Å². The largest absolute Gasteiger partial charge is 0.355 e. The van der Waals surface area contributed by atoms with Crippen molar-refractivity contribution in [2.75, 3.05) is 10.6 Å². The normalized spacial score (nSPS) is 11.0. The van der Waals surface area contributed by atoms with Gasteiger partial charge in [-0.2, -0.15) is 5.10 Å². The van der Waals surface area contributed by atoms with Gasteiger partial charge >= 0.3 is 0 Å². The Morgan fingerprint density at radius 2 is 1.78 bits per heavy atom. The minimum Gasteiger partial charge on any atom is -0.355 e. The summed E-state index contributed by atoms with van der Waals surface area (Å²) in [7, 11) is 1.90. The minimum absolute atomic E-state index is 0.0698. The average molecular weight is 423 g/mol. The van der Waals surface area contributed by atoms with E-state index in [1.165, 1.54) is 4.57 Å². The summed E-state index contributed by atoms with van der Waals surface area (Å²) in [6.07, 6.45) is 3.46. The number of nitrogens with zero attached hydrogens (tertiary/aromatic N) is 3. The standard InChI is InChI=1S/C25H21N5O2/c1-29-22-11-10-20(14-18(22)15-26-29)27-21-9-5-6-17-12-13-30(25(32)24(17)21)16-23(31)28-19-7-3-2-4-8-19/h2-15,27H,16H2,1H3,(H,28,31). The number of amides is 1.